The van der Waals surface area contributed by atoms with Gasteiger partial charge in [0.05, 0.1) is 18.9 Å². The van der Waals surface area contributed by atoms with Crippen molar-refractivity contribution in [3.8, 4) is 33.2 Å². The molecule has 4 heterocycles. The molecule has 2 fully saturated rings. The van der Waals surface area contributed by atoms with Crippen LogP contribution in [0.4, 0.5) is 0 Å². The van der Waals surface area contributed by atoms with E-state index in [1.165, 1.54) is 5.56 Å². The number of methoxy groups -OCH3 is 1. The highest BCUT2D eigenvalue weighted by atomic mass is 79.9. The highest BCUT2D eigenvalue weighted by Crippen LogP contribution is 2.46. The molecule has 2 aromatic heterocycles. The van der Waals surface area contributed by atoms with Crippen molar-refractivity contribution in [3.05, 3.63) is 47.0 Å². The summed E-state index contributed by atoms with van der Waals surface area (Å²) in [6, 6.07) is 10.4. The van der Waals surface area contributed by atoms with Crippen molar-refractivity contribution < 1.29 is 19.1 Å². The van der Waals surface area contributed by atoms with E-state index in [2.05, 4.69) is 56.2 Å². The van der Waals surface area contributed by atoms with Gasteiger partial charge >= 0.3 is 0 Å². The molecule has 9 heteroatoms. The van der Waals surface area contributed by atoms with Crippen molar-refractivity contribution in [1.29, 1.82) is 0 Å². The van der Waals surface area contributed by atoms with Gasteiger partial charge in [-0.05, 0) is 81.2 Å². The number of thiophene rings is 1. The predicted molar refractivity (Wildman–Crippen MR) is 162 cm³/mol. The van der Waals surface area contributed by atoms with Crippen molar-refractivity contribution in [1.82, 2.24) is 14.4 Å². The van der Waals surface area contributed by atoms with Crippen molar-refractivity contribution in [3.63, 3.8) is 0 Å². The fraction of sp³-hybridized carbons (Fsp3) is 0.484. The highest BCUT2D eigenvalue weighted by molar-refractivity contribution is 9.10. The van der Waals surface area contributed by atoms with Gasteiger partial charge in [0.15, 0.2) is 11.5 Å². The molecular weight excluding hydrogens is 590 g/mol. The Balaban J connectivity index is 1.35. The van der Waals surface area contributed by atoms with Crippen LogP contribution in [-0.2, 0) is 17.8 Å². The van der Waals surface area contributed by atoms with Crippen LogP contribution < -0.4 is 9.47 Å². The monoisotopic (exact) mass is 625 g/mol. The summed E-state index contributed by atoms with van der Waals surface area (Å²) < 4.78 is 13.6. The Hall–Kier alpha value is -2.78. The number of halogens is 1. The average Bonchev–Trinajstić information content (AvgIpc) is 3.52. The smallest absolute Gasteiger partial charge is 0.270 e. The molecule has 0 spiro atoms. The highest BCUT2D eigenvalue weighted by Gasteiger charge is 2.44. The quantitative estimate of drug-likeness (QED) is 0.305. The van der Waals surface area contributed by atoms with Crippen molar-refractivity contribution in [2.24, 2.45) is 0 Å². The van der Waals surface area contributed by atoms with Gasteiger partial charge in [-0.15, -0.1) is 11.3 Å². The van der Waals surface area contributed by atoms with Gasteiger partial charge in [0.25, 0.3) is 5.91 Å². The molecule has 0 N–H and O–H groups in total. The fourth-order valence-corrected chi connectivity index (χ4v) is 7.66. The number of aryl methyl sites for hydroxylation is 1. The number of alkyl halides is 1. The third-order valence-corrected chi connectivity index (χ3v) is 10.3. The molecule has 3 aliphatic rings. The van der Waals surface area contributed by atoms with E-state index in [9.17, 15) is 9.59 Å². The molecule has 1 saturated heterocycles. The first-order chi connectivity index (χ1) is 19.3. The van der Waals surface area contributed by atoms with Gasteiger partial charge < -0.3 is 23.8 Å². The molecule has 0 unspecified atom stereocenters. The molecule has 1 saturated carbocycles. The van der Waals surface area contributed by atoms with Crippen LogP contribution in [0.25, 0.3) is 21.7 Å². The third kappa shape index (κ3) is 4.85. The molecule has 2 amide bonds. The molecule has 2 aliphatic heterocycles. The molecule has 0 bridgehead atoms. The van der Waals surface area contributed by atoms with Crippen LogP contribution in [0.15, 0.2) is 35.7 Å². The van der Waals surface area contributed by atoms with E-state index < -0.39 is 4.32 Å². The second-order valence-electron chi connectivity index (χ2n) is 11.3. The number of amides is 2. The van der Waals surface area contributed by atoms with Crippen LogP contribution in [0.3, 0.4) is 0 Å². The number of rotatable bonds is 6. The second kappa shape index (κ2) is 10.9. The fourth-order valence-electron chi connectivity index (χ4n) is 6.11. The summed E-state index contributed by atoms with van der Waals surface area (Å²) in [5.74, 6) is 1.66. The number of nitrogens with zero attached hydrogens (tertiary/aromatic N) is 3. The summed E-state index contributed by atoms with van der Waals surface area (Å²) in [5.41, 5.74) is 5.11. The maximum Gasteiger partial charge on any atom is 0.270 e. The van der Waals surface area contributed by atoms with Crippen LogP contribution in [0, 0.1) is 0 Å². The van der Waals surface area contributed by atoms with Crippen LogP contribution in [0.1, 0.15) is 55.6 Å². The Kier molecular flexibility index (Phi) is 7.46. The molecule has 1 aromatic carbocycles. The van der Waals surface area contributed by atoms with Gasteiger partial charge in [0.1, 0.15) is 10.0 Å². The van der Waals surface area contributed by atoms with Gasteiger partial charge in [0.2, 0.25) is 5.91 Å². The van der Waals surface area contributed by atoms with Gasteiger partial charge in [-0.1, -0.05) is 22.0 Å². The first kappa shape index (κ1) is 27.4. The lowest BCUT2D eigenvalue weighted by atomic mass is 9.84. The second-order valence-corrected chi connectivity index (χ2v) is 13.7. The number of aromatic nitrogens is 1. The SMILES string of the molecule is COc1cc2c(cc1OC(C)C)-c1c(-c3cccs3)cc(C(=O)N3CCCN(C(=O)C4(Br)CCC4)CC3)n1CC2. The average molecular weight is 627 g/mol. The minimum absolute atomic E-state index is 0.00873. The molecular formula is C31H36BrN3O4S. The lowest BCUT2D eigenvalue weighted by Gasteiger charge is -2.38. The molecule has 40 heavy (non-hydrogen) atoms. The minimum Gasteiger partial charge on any atom is -0.493 e. The Labute approximate surface area is 248 Å². The Morgan fingerprint density at radius 1 is 0.975 bits per heavy atom. The van der Waals surface area contributed by atoms with Crippen LogP contribution >= 0.6 is 27.3 Å². The number of carbonyl (C=O) groups is 2. The molecule has 0 radical (unpaired) electrons. The van der Waals surface area contributed by atoms with E-state index in [4.69, 9.17) is 9.47 Å². The summed E-state index contributed by atoms with van der Waals surface area (Å²) in [6.07, 6.45) is 4.46. The zero-order chi connectivity index (χ0) is 28.0. The van der Waals surface area contributed by atoms with E-state index in [0.717, 1.165) is 59.6 Å². The Bertz CT molecular complexity index is 1430. The van der Waals surface area contributed by atoms with E-state index in [1.807, 2.05) is 23.6 Å². The topological polar surface area (TPSA) is 64.0 Å². The van der Waals surface area contributed by atoms with E-state index >= 15 is 0 Å². The van der Waals surface area contributed by atoms with E-state index in [-0.39, 0.29) is 17.9 Å². The van der Waals surface area contributed by atoms with Crippen molar-refractivity contribution in [2.45, 2.75) is 62.9 Å². The summed E-state index contributed by atoms with van der Waals surface area (Å²) in [6.45, 7) is 7.19. The zero-order valence-electron chi connectivity index (χ0n) is 23.4. The summed E-state index contributed by atoms with van der Waals surface area (Å²) in [7, 11) is 1.67. The maximum absolute atomic E-state index is 14.1. The first-order valence-electron chi connectivity index (χ1n) is 14.2. The number of fused-ring (bicyclic) bond motifs is 3. The number of carbonyl (C=O) groups excluding carboxylic acids is 2. The first-order valence-corrected chi connectivity index (χ1v) is 15.9. The van der Waals surface area contributed by atoms with Crippen LogP contribution in [0.2, 0.25) is 0 Å². The lowest BCUT2D eigenvalue weighted by molar-refractivity contribution is -0.135. The standard InChI is InChI=1S/C31H36BrN3O4S/c1-20(2)39-26-19-22-21(17-25(26)38-3)8-13-35-24(18-23(28(22)35)27-7-4-16-40-27)29(36)33-11-6-12-34(15-14-33)30(37)31(32)9-5-10-31/h4,7,16-20H,5-6,8-15H2,1-3H3. The summed E-state index contributed by atoms with van der Waals surface area (Å²) in [5, 5.41) is 2.07. The molecule has 3 aromatic rings. The van der Waals surface area contributed by atoms with E-state index in [1.54, 1.807) is 18.4 Å². The predicted octanol–water partition coefficient (Wildman–Crippen LogP) is 6.23. The molecule has 7 nitrogen and oxygen atoms in total. The number of ether oxygens (including phenoxy) is 2. The maximum atomic E-state index is 14.1. The Morgan fingerprint density at radius 2 is 1.75 bits per heavy atom. The van der Waals surface area contributed by atoms with Crippen LogP contribution in [0.5, 0.6) is 11.5 Å². The molecule has 0 atom stereocenters. The lowest BCUT2D eigenvalue weighted by Crippen LogP contribution is -2.50. The largest absolute Gasteiger partial charge is 0.493 e. The number of hydrogen-bond donors (Lipinski definition) is 0. The normalized spacial score (nSPS) is 18.0. The van der Waals surface area contributed by atoms with Crippen LogP contribution in [-0.4, -0.2) is 69.9 Å². The summed E-state index contributed by atoms with van der Waals surface area (Å²) in [4.78, 5) is 32.3. The number of benzene rings is 1. The molecule has 212 valence electrons. The molecule has 6 rings (SSSR count). The van der Waals surface area contributed by atoms with Gasteiger partial charge in [-0.3, -0.25) is 9.59 Å². The molecule has 1 aliphatic carbocycles. The Morgan fingerprint density at radius 3 is 2.42 bits per heavy atom. The minimum atomic E-state index is -0.392. The van der Waals surface area contributed by atoms with Gasteiger partial charge in [-0.25, -0.2) is 0 Å². The zero-order valence-corrected chi connectivity index (χ0v) is 25.8. The van der Waals surface area contributed by atoms with Gasteiger partial charge in [0, 0.05) is 48.7 Å². The van der Waals surface area contributed by atoms with Gasteiger partial charge in [-0.2, -0.15) is 0 Å². The van der Waals surface area contributed by atoms with Crippen molar-refractivity contribution in [2.75, 3.05) is 33.3 Å². The van der Waals surface area contributed by atoms with Crippen molar-refractivity contribution >= 4 is 39.1 Å². The van der Waals surface area contributed by atoms with E-state index in [0.29, 0.717) is 44.2 Å². The summed E-state index contributed by atoms with van der Waals surface area (Å²) >= 11 is 5.37. The third-order valence-electron chi connectivity index (χ3n) is 8.31. The number of hydrogen-bond acceptors (Lipinski definition) is 5.